The van der Waals surface area contributed by atoms with Crippen LogP contribution in [0.15, 0.2) is 12.1 Å². The van der Waals surface area contributed by atoms with Crippen LogP contribution >= 0.6 is 23.2 Å². The van der Waals surface area contributed by atoms with Gasteiger partial charge in [0.2, 0.25) is 10.0 Å². The van der Waals surface area contributed by atoms with Gasteiger partial charge in [-0.3, -0.25) is 4.79 Å². The van der Waals surface area contributed by atoms with Gasteiger partial charge < -0.3 is 11.1 Å². The van der Waals surface area contributed by atoms with E-state index in [1.165, 1.54) is 12.1 Å². The number of carbonyl (C=O) groups excluding carboxylic acids is 1. The zero-order valence-electron chi connectivity index (χ0n) is 11.8. The van der Waals surface area contributed by atoms with E-state index in [0.717, 1.165) is 6.26 Å². The molecule has 0 spiro atoms. The molecule has 0 radical (unpaired) electrons. The van der Waals surface area contributed by atoms with Gasteiger partial charge in [-0.2, -0.15) is 0 Å². The van der Waals surface area contributed by atoms with Crippen LogP contribution in [0.1, 0.15) is 24.2 Å². The number of rotatable bonds is 5. The third kappa shape index (κ3) is 5.70. The van der Waals surface area contributed by atoms with E-state index in [2.05, 4.69) is 10.0 Å². The van der Waals surface area contributed by atoms with Crippen LogP contribution in [-0.4, -0.2) is 32.7 Å². The molecule has 0 bridgehead atoms. The lowest BCUT2D eigenvalue weighted by atomic mass is 10.1. The van der Waals surface area contributed by atoms with Gasteiger partial charge in [0.1, 0.15) is 0 Å². The van der Waals surface area contributed by atoms with Crippen LogP contribution in [0.2, 0.25) is 10.0 Å². The van der Waals surface area contributed by atoms with E-state index < -0.39 is 21.5 Å². The fourth-order valence-corrected chi connectivity index (χ4v) is 3.21. The van der Waals surface area contributed by atoms with Crippen LogP contribution in [0, 0.1) is 0 Å². The molecule has 21 heavy (non-hydrogen) atoms. The Morgan fingerprint density at radius 3 is 2.43 bits per heavy atom. The molecule has 0 atom stereocenters. The van der Waals surface area contributed by atoms with Gasteiger partial charge in [-0.1, -0.05) is 23.2 Å². The van der Waals surface area contributed by atoms with E-state index in [9.17, 15) is 13.2 Å². The van der Waals surface area contributed by atoms with E-state index in [-0.39, 0.29) is 22.2 Å². The number of nitrogen functional groups attached to an aromatic ring is 1. The first kappa shape index (κ1) is 18.0. The fourth-order valence-electron chi connectivity index (χ4n) is 1.71. The van der Waals surface area contributed by atoms with Crippen molar-refractivity contribution in [3.8, 4) is 0 Å². The third-order valence-corrected chi connectivity index (χ3v) is 4.17. The van der Waals surface area contributed by atoms with Crippen molar-refractivity contribution in [2.24, 2.45) is 0 Å². The van der Waals surface area contributed by atoms with Crippen molar-refractivity contribution < 1.29 is 13.2 Å². The molecule has 0 aliphatic rings. The topological polar surface area (TPSA) is 101 Å². The Bertz CT molecular complexity index is 660. The van der Waals surface area contributed by atoms with Crippen molar-refractivity contribution in [2.75, 3.05) is 18.5 Å². The van der Waals surface area contributed by atoms with Crippen LogP contribution in [0.5, 0.6) is 0 Å². The summed E-state index contributed by atoms with van der Waals surface area (Å²) in [6.07, 6.45) is 1.05. The molecule has 6 nitrogen and oxygen atoms in total. The van der Waals surface area contributed by atoms with Crippen LogP contribution < -0.4 is 15.8 Å². The highest BCUT2D eigenvalue weighted by Crippen LogP contribution is 2.28. The number of sulfonamides is 1. The first-order valence-corrected chi connectivity index (χ1v) is 8.58. The summed E-state index contributed by atoms with van der Waals surface area (Å²) >= 11 is 11.8. The molecule has 0 aromatic heterocycles. The Hall–Kier alpha value is -1.02. The Kier molecular flexibility index (Phi) is 5.49. The lowest BCUT2D eigenvalue weighted by molar-refractivity contribution is 0.0944. The minimum Gasteiger partial charge on any atom is -0.399 e. The van der Waals surface area contributed by atoms with E-state index >= 15 is 0 Å². The molecule has 0 unspecified atom stereocenters. The Balaban J connectivity index is 2.84. The molecule has 1 aromatic rings. The zero-order valence-corrected chi connectivity index (χ0v) is 14.2. The van der Waals surface area contributed by atoms with Crippen molar-refractivity contribution in [1.82, 2.24) is 10.0 Å². The maximum absolute atomic E-state index is 12.1. The quantitative estimate of drug-likeness (QED) is 0.700. The number of nitrogens with one attached hydrogen (secondary N) is 2. The summed E-state index contributed by atoms with van der Waals surface area (Å²) in [6, 6.07) is 2.84. The van der Waals surface area contributed by atoms with Gasteiger partial charge in [-0.05, 0) is 26.0 Å². The lowest BCUT2D eigenvalue weighted by Crippen LogP contribution is -2.51. The van der Waals surface area contributed by atoms with Gasteiger partial charge in [0, 0.05) is 17.8 Å². The van der Waals surface area contributed by atoms with Gasteiger partial charge in [0.15, 0.2) is 0 Å². The maximum Gasteiger partial charge on any atom is 0.252 e. The summed E-state index contributed by atoms with van der Waals surface area (Å²) in [5, 5.41) is 2.86. The maximum atomic E-state index is 12.1. The first-order chi connectivity index (χ1) is 9.41. The Labute approximate surface area is 134 Å². The van der Waals surface area contributed by atoms with Gasteiger partial charge in [0.05, 0.1) is 21.9 Å². The second kappa shape index (κ2) is 6.39. The number of hydrogen-bond acceptors (Lipinski definition) is 4. The van der Waals surface area contributed by atoms with Gasteiger partial charge in [-0.25, -0.2) is 13.1 Å². The summed E-state index contributed by atoms with van der Waals surface area (Å²) in [5.41, 5.74) is 5.21. The van der Waals surface area contributed by atoms with E-state index in [0.29, 0.717) is 5.69 Å². The standard InChI is InChI=1S/C12H17Cl2N3O3S/c1-12(2,17-21(3,19)20)6-16-11(18)8-4-7(15)5-9(13)10(8)14/h4-5,17H,6,15H2,1-3H3,(H,16,18). The van der Waals surface area contributed by atoms with Crippen molar-refractivity contribution in [1.29, 1.82) is 0 Å². The molecule has 0 aliphatic heterocycles. The molecule has 1 aromatic carbocycles. The number of halogens is 2. The largest absolute Gasteiger partial charge is 0.399 e. The predicted molar refractivity (Wildman–Crippen MR) is 85.3 cm³/mol. The molecule has 118 valence electrons. The third-order valence-electron chi connectivity index (χ3n) is 2.45. The first-order valence-electron chi connectivity index (χ1n) is 5.93. The molecule has 0 aliphatic carbocycles. The minimum absolute atomic E-state index is 0.0711. The highest BCUT2D eigenvalue weighted by molar-refractivity contribution is 7.88. The van der Waals surface area contributed by atoms with Gasteiger partial charge in [0.25, 0.3) is 5.91 Å². The van der Waals surface area contributed by atoms with E-state index in [1.807, 2.05) is 0 Å². The van der Waals surface area contributed by atoms with Crippen molar-refractivity contribution in [2.45, 2.75) is 19.4 Å². The summed E-state index contributed by atoms with van der Waals surface area (Å²) in [5.74, 6) is -0.488. The van der Waals surface area contributed by atoms with Crippen LogP contribution in [-0.2, 0) is 10.0 Å². The van der Waals surface area contributed by atoms with Crippen LogP contribution in [0.3, 0.4) is 0 Å². The summed E-state index contributed by atoms with van der Waals surface area (Å²) in [4.78, 5) is 12.1. The average molecular weight is 354 g/mol. The van der Waals surface area contributed by atoms with Crippen molar-refractivity contribution in [3.05, 3.63) is 27.7 Å². The lowest BCUT2D eigenvalue weighted by Gasteiger charge is -2.25. The number of hydrogen-bond donors (Lipinski definition) is 3. The number of amides is 1. The van der Waals surface area contributed by atoms with Gasteiger partial charge in [-0.15, -0.1) is 0 Å². The SMILES string of the molecule is CC(C)(CNC(=O)c1cc(N)cc(Cl)c1Cl)NS(C)(=O)=O. The molecule has 1 rings (SSSR count). The number of carbonyl (C=O) groups is 1. The van der Waals surface area contributed by atoms with Crippen LogP contribution in [0.25, 0.3) is 0 Å². The summed E-state index contributed by atoms with van der Waals surface area (Å²) in [7, 11) is -3.38. The molecule has 0 fully saturated rings. The average Bonchev–Trinajstić information content (AvgIpc) is 2.27. The highest BCUT2D eigenvalue weighted by atomic mass is 35.5. The summed E-state index contributed by atoms with van der Waals surface area (Å²) in [6.45, 7) is 3.35. The van der Waals surface area contributed by atoms with E-state index in [1.54, 1.807) is 13.8 Å². The Morgan fingerprint density at radius 1 is 1.33 bits per heavy atom. The molecule has 0 saturated carbocycles. The molecule has 9 heteroatoms. The second-order valence-electron chi connectivity index (χ2n) is 5.31. The van der Waals surface area contributed by atoms with Crippen LogP contribution in [0.4, 0.5) is 5.69 Å². The van der Waals surface area contributed by atoms with Crippen molar-refractivity contribution >= 4 is 44.8 Å². The monoisotopic (exact) mass is 353 g/mol. The molecular formula is C12H17Cl2N3O3S. The van der Waals surface area contributed by atoms with Gasteiger partial charge >= 0.3 is 0 Å². The Morgan fingerprint density at radius 2 is 1.90 bits per heavy atom. The minimum atomic E-state index is -3.38. The fraction of sp³-hybridized carbons (Fsp3) is 0.417. The molecular weight excluding hydrogens is 337 g/mol. The number of nitrogens with two attached hydrogens (primary N) is 1. The summed E-state index contributed by atoms with van der Waals surface area (Å²) < 4.78 is 24.9. The molecule has 4 N–H and O–H groups in total. The normalized spacial score (nSPS) is 12.2. The molecule has 0 heterocycles. The predicted octanol–water partition coefficient (Wildman–Crippen LogP) is 1.63. The number of benzene rings is 1. The highest BCUT2D eigenvalue weighted by Gasteiger charge is 2.24. The van der Waals surface area contributed by atoms with E-state index in [4.69, 9.17) is 28.9 Å². The van der Waals surface area contributed by atoms with Crippen molar-refractivity contribution in [3.63, 3.8) is 0 Å². The smallest absolute Gasteiger partial charge is 0.252 e. The number of anilines is 1. The molecule has 0 saturated heterocycles. The molecule has 1 amide bonds. The zero-order chi connectivity index (χ0) is 16.4. The second-order valence-corrected chi connectivity index (χ2v) is 7.84.